The zero-order valence-electron chi connectivity index (χ0n) is 10.5. The summed E-state index contributed by atoms with van der Waals surface area (Å²) in [5.41, 5.74) is 0.905. The summed E-state index contributed by atoms with van der Waals surface area (Å²) in [5.74, 6) is 1.09. The van der Waals surface area contributed by atoms with Gasteiger partial charge in [-0.1, -0.05) is 24.3 Å². The zero-order valence-corrected chi connectivity index (χ0v) is 11.2. The molecule has 0 aliphatic rings. The molecular weight excluding hydrogens is 289 g/mol. The summed E-state index contributed by atoms with van der Waals surface area (Å²) in [4.78, 5) is 0. The lowest BCUT2D eigenvalue weighted by Crippen LogP contribution is -2.03. The number of rotatable bonds is 4. The first-order chi connectivity index (χ1) is 9.50. The molecule has 2 aromatic carbocycles. The van der Waals surface area contributed by atoms with Gasteiger partial charge in [0.05, 0.1) is 11.4 Å². The molecule has 0 N–H and O–H groups in total. The second-order valence-corrected chi connectivity index (χ2v) is 4.51. The van der Waals surface area contributed by atoms with E-state index >= 15 is 0 Å². The third-order valence-corrected chi connectivity index (χ3v) is 2.90. The Kier molecular flexibility index (Phi) is 4.55. The van der Waals surface area contributed by atoms with Gasteiger partial charge in [-0.15, -0.1) is 11.6 Å². The van der Waals surface area contributed by atoms with E-state index in [1.54, 1.807) is 24.3 Å². The number of ether oxygens (including phenoxy) is 1. The smallest absolute Gasteiger partial charge is 0.416 e. The van der Waals surface area contributed by atoms with Crippen molar-refractivity contribution in [1.82, 2.24) is 0 Å². The molecule has 0 saturated carbocycles. The molecular formula is C15H12ClF3O. The molecule has 0 unspecified atom stereocenters. The lowest BCUT2D eigenvalue weighted by atomic mass is 10.0. The minimum absolute atomic E-state index is 0.403. The molecule has 0 radical (unpaired) electrons. The van der Waals surface area contributed by atoms with Crippen molar-refractivity contribution in [3.8, 4) is 16.9 Å². The Labute approximate surface area is 119 Å². The van der Waals surface area contributed by atoms with Crippen LogP contribution in [-0.4, -0.2) is 12.5 Å². The summed E-state index contributed by atoms with van der Waals surface area (Å²) in [6, 6.07) is 12.2. The Morgan fingerprint density at radius 2 is 1.35 bits per heavy atom. The van der Waals surface area contributed by atoms with E-state index in [-0.39, 0.29) is 0 Å². The van der Waals surface area contributed by atoms with E-state index in [1.165, 1.54) is 12.1 Å². The number of benzene rings is 2. The van der Waals surface area contributed by atoms with Crippen molar-refractivity contribution >= 4 is 11.6 Å². The fourth-order valence-corrected chi connectivity index (χ4v) is 1.83. The molecule has 0 fully saturated rings. The van der Waals surface area contributed by atoms with E-state index in [9.17, 15) is 13.2 Å². The molecule has 20 heavy (non-hydrogen) atoms. The minimum atomic E-state index is -4.31. The van der Waals surface area contributed by atoms with Crippen LogP contribution in [0.15, 0.2) is 48.5 Å². The van der Waals surface area contributed by atoms with Gasteiger partial charge in [0.1, 0.15) is 12.4 Å². The first kappa shape index (κ1) is 14.7. The van der Waals surface area contributed by atoms with Gasteiger partial charge in [0, 0.05) is 0 Å². The summed E-state index contributed by atoms with van der Waals surface area (Å²) >= 11 is 5.51. The van der Waals surface area contributed by atoms with Gasteiger partial charge in [0.25, 0.3) is 0 Å². The van der Waals surface area contributed by atoms with Crippen LogP contribution in [-0.2, 0) is 6.18 Å². The number of halogens is 4. The number of alkyl halides is 4. The van der Waals surface area contributed by atoms with Gasteiger partial charge >= 0.3 is 6.18 Å². The summed E-state index contributed by atoms with van der Waals surface area (Å²) in [6.07, 6.45) is -4.31. The minimum Gasteiger partial charge on any atom is -0.492 e. The fourth-order valence-electron chi connectivity index (χ4n) is 1.75. The zero-order chi connectivity index (χ0) is 14.6. The molecule has 0 heterocycles. The first-order valence-corrected chi connectivity index (χ1v) is 6.50. The summed E-state index contributed by atoms with van der Waals surface area (Å²) in [7, 11) is 0. The average Bonchev–Trinajstić information content (AvgIpc) is 2.45. The highest BCUT2D eigenvalue weighted by molar-refractivity contribution is 6.18. The van der Waals surface area contributed by atoms with Crippen LogP contribution in [0.25, 0.3) is 11.1 Å². The maximum absolute atomic E-state index is 12.5. The SMILES string of the molecule is FC(F)(F)c1ccc(-c2ccc(OCCCl)cc2)cc1. The van der Waals surface area contributed by atoms with E-state index in [0.29, 0.717) is 18.2 Å². The van der Waals surface area contributed by atoms with Crippen LogP contribution in [0.1, 0.15) is 5.56 Å². The molecule has 2 aromatic rings. The molecule has 0 aromatic heterocycles. The number of hydrogen-bond acceptors (Lipinski definition) is 1. The highest BCUT2D eigenvalue weighted by Crippen LogP contribution is 2.31. The van der Waals surface area contributed by atoms with Crippen LogP contribution in [0.5, 0.6) is 5.75 Å². The normalized spacial score (nSPS) is 11.4. The van der Waals surface area contributed by atoms with Crippen LogP contribution >= 0.6 is 11.6 Å². The highest BCUT2D eigenvalue weighted by Gasteiger charge is 2.29. The van der Waals surface area contributed by atoms with Crippen molar-refractivity contribution in [2.75, 3.05) is 12.5 Å². The molecule has 106 valence electrons. The summed E-state index contributed by atoms with van der Waals surface area (Å²) < 4.78 is 42.7. The van der Waals surface area contributed by atoms with Gasteiger partial charge in [-0.2, -0.15) is 13.2 Å². The van der Waals surface area contributed by atoms with Crippen molar-refractivity contribution in [3.63, 3.8) is 0 Å². The second-order valence-electron chi connectivity index (χ2n) is 4.14. The van der Waals surface area contributed by atoms with Gasteiger partial charge in [0.15, 0.2) is 0 Å². The van der Waals surface area contributed by atoms with Gasteiger partial charge < -0.3 is 4.74 Å². The van der Waals surface area contributed by atoms with Gasteiger partial charge in [-0.25, -0.2) is 0 Å². The van der Waals surface area contributed by atoms with Crippen LogP contribution in [0, 0.1) is 0 Å². The van der Waals surface area contributed by atoms with E-state index in [4.69, 9.17) is 16.3 Å². The van der Waals surface area contributed by atoms with Crippen molar-refractivity contribution in [3.05, 3.63) is 54.1 Å². The lowest BCUT2D eigenvalue weighted by Gasteiger charge is -2.08. The third kappa shape index (κ3) is 3.67. The molecule has 0 saturated heterocycles. The van der Waals surface area contributed by atoms with Crippen LogP contribution in [0.4, 0.5) is 13.2 Å². The Morgan fingerprint density at radius 1 is 0.850 bits per heavy atom. The molecule has 0 aliphatic carbocycles. The van der Waals surface area contributed by atoms with E-state index in [0.717, 1.165) is 23.3 Å². The summed E-state index contributed by atoms with van der Waals surface area (Å²) in [6.45, 7) is 0.418. The predicted octanol–water partition coefficient (Wildman–Crippen LogP) is 4.99. The standard InChI is InChI=1S/C15H12ClF3O/c16-9-10-20-14-7-3-12(4-8-14)11-1-5-13(6-2-11)15(17,18)19/h1-8H,9-10H2. The number of hydrogen-bond donors (Lipinski definition) is 0. The average molecular weight is 301 g/mol. The topological polar surface area (TPSA) is 9.23 Å². The Hall–Kier alpha value is -1.68. The van der Waals surface area contributed by atoms with Crippen molar-refractivity contribution in [2.45, 2.75) is 6.18 Å². The quantitative estimate of drug-likeness (QED) is 0.723. The fraction of sp³-hybridized carbons (Fsp3) is 0.200. The van der Waals surface area contributed by atoms with Gasteiger partial charge in [-0.05, 0) is 35.4 Å². The lowest BCUT2D eigenvalue weighted by molar-refractivity contribution is -0.137. The Bertz CT molecular complexity index is 547. The summed E-state index contributed by atoms with van der Waals surface area (Å²) in [5, 5.41) is 0. The van der Waals surface area contributed by atoms with E-state index < -0.39 is 11.7 Å². The maximum atomic E-state index is 12.5. The molecule has 1 nitrogen and oxygen atoms in total. The molecule has 0 aliphatic heterocycles. The van der Waals surface area contributed by atoms with Crippen molar-refractivity contribution < 1.29 is 17.9 Å². The molecule has 0 spiro atoms. The molecule has 0 atom stereocenters. The van der Waals surface area contributed by atoms with Gasteiger partial charge in [0.2, 0.25) is 0 Å². The second kappa shape index (κ2) is 6.18. The third-order valence-electron chi connectivity index (χ3n) is 2.75. The molecule has 0 bridgehead atoms. The van der Waals surface area contributed by atoms with Crippen molar-refractivity contribution in [1.29, 1.82) is 0 Å². The first-order valence-electron chi connectivity index (χ1n) is 5.97. The van der Waals surface area contributed by atoms with Crippen LogP contribution < -0.4 is 4.74 Å². The Morgan fingerprint density at radius 3 is 1.80 bits per heavy atom. The Balaban J connectivity index is 2.15. The largest absolute Gasteiger partial charge is 0.492 e. The predicted molar refractivity (Wildman–Crippen MR) is 73.1 cm³/mol. The molecule has 0 amide bonds. The van der Waals surface area contributed by atoms with E-state index in [1.807, 2.05) is 0 Å². The van der Waals surface area contributed by atoms with E-state index in [2.05, 4.69) is 0 Å². The van der Waals surface area contributed by atoms with Crippen LogP contribution in [0.2, 0.25) is 0 Å². The monoisotopic (exact) mass is 300 g/mol. The van der Waals surface area contributed by atoms with Gasteiger partial charge in [-0.3, -0.25) is 0 Å². The van der Waals surface area contributed by atoms with Crippen LogP contribution in [0.3, 0.4) is 0 Å². The molecule has 2 rings (SSSR count). The molecule has 5 heteroatoms. The maximum Gasteiger partial charge on any atom is 0.416 e. The highest BCUT2D eigenvalue weighted by atomic mass is 35.5. The van der Waals surface area contributed by atoms with Crippen molar-refractivity contribution in [2.24, 2.45) is 0 Å².